The SMILES string of the molecule is CC(C)C/C=C/[C@]1(C)OC(=O)C23CC=C4C(CCC5C(C)(C)C(O)CC[C@]45C)[C@]2(C)CCC31O. The molecule has 2 N–H and O–H groups in total. The number of fused-ring (bicyclic) bond motifs is 4. The number of hydrogen-bond donors (Lipinski definition) is 2. The van der Waals surface area contributed by atoms with Crippen molar-refractivity contribution in [1.29, 1.82) is 0 Å². The van der Waals surface area contributed by atoms with E-state index in [4.69, 9.17) is 4.74 Å². The quantitative estimate of drug-likeness (QED) is 0.394. The highest BCUT2D eigenvalue weighted by molar-refractivity contribution is 5.86. The molecule has 0 aromatic heterocycles. The van der Waals surface area contributed by atoms with Gasteiger partial charge in [-0.1, -0.05) is 59.3 Å². The van der Waals surface area contributed by atoms with Crippen LogP contribution in [0.25, 0.3) is 0 Å². The number of hydrogen-bond acceptors (Lipinski definition) is 4. The summed E-state index contributed by atoms with van der Waals surface area (Å²) in [6.45, 7) is 15.4. The average molecular weight is 471 g/mol. The molecule has 8 atom stereocenters. The fourth-order valence-corrected chi connectivity index (χ4v) is 9.73. The summed E-state index contributed by atoms with van der Waals surface area (Å²) in [4.78, 5) is 13.8. The molecule has 1 aliphatic heterocycles. The first-order valence-corrected chi connectivity index (χ1v) is 13.7. The van der Waals surface area contributed by atoms with Gasteiger partial charge in [-0.05, 0) is 98.4 Å². The zero-order valence-corrected chi connectivity index (χ0v) is 22.4. The average Bonchev–Trinajstić information content (AvgIpc) is 3.09. The zero-order chi connectivity index (χ0) is 24.9. The van der Waals surface area contributed by atoms with E-state index in [2.05, 4.69) is 53.7 Å². The van der Waals surface area contributed by atoms with E-state index in [0.717, 1.165) is 38.5 Å². The van der Waals surface area contributed by atoms with E-state index >= 15 is 0 Å². The van der Waals surface area contributed by atoms with Crippen LogP contribution < -0.4 is 0 Å². The Hall–Kier alpha value is -1.13. The van der Waals surface area contributed by atoms with Gasteiger partial charge in [-0.25, -0.2) is 0 Å². The van der Waals surface area contributed by atoms with Crippen LogP contribution in [0.15, 0.2) is 23.8 Å². The van der Waals surface area contributed by atoms with E-state index in [0.29, 0.717) is 24.7 Å². The molecule has 0 bridgehead atoms. The van der Waals surface area contributed by atoms with Crippen LogP contribution >= 0.6 is 0 Å². The summed E-state index contributed by atoms with van der Waals surface area (Å²) in [6, 6.07) is 0. The number of aliphatic hydroxyl groups excluding tert-OH is 1. The second-order valence-electron chi connectivity index (χ2n) is 14.1. The topological polar surface area (TPSA) is 66.8 Å². The highest BCUT2D eigenvalue weighted by atomic mass is 16.6. The fourth-order valence-electron chi connectivity index (χ4n) is 9.73. The first-order valence-electron chi connectivity index (χ1n) is 13.7. The minimum absolute atomic E-state index is 0.0416. The van der Waals surface area contributed by atoms with Crippen LogP contribution in [0, 0.1) is 39.4 Å². The molecule has 190 valence electrons. The van der Waals surface area contributed by atoms with Crippen molar-refractivity contribution in [3.05, 3.63) is 23.8 Å². The monoisotopic (exact) mass is 470 g/mol. The minimum Gasteiger partial charge on any atom is -0.451 e. The first-order chi connectivity index (χ1) is 15.7. The smallest absolute Gasteiger partial charge is 0.317 e. The Bertz CT molecular complexity index is 947. The van der Waals surface area contributed by atoms with Crippen molar-refractivity contribution < 1.29 is 19.7 Å². The third kappa shape index (κ3) is 2.65. The normalized spacial score (nSPS) is 51.5. The second kappa shape index (κ2) is 7.22. The Morgan fingerprint density at radius 3 is 2.47 bits per heavy atom. The summed E-state index contributed by atoms with van der Waals surface area (Å²) in [5, 5.41) is 23.2. The van der Waals surface area contributed by atoms with Gasteiger partial charge in [0.15, 0.2) is 5.60 Å². The molecule has 0 amide bonds. The molecule has 4 aliphatic carbocycles. The van der Waals surface area contributed by atoms with E-state index in [-0.39, 0.29) is 34.2 Å². The lowest BCUT2D eigenvalue weighted by molar-refractivity contribution is -0.164. The van der Waals surface area contributed by atoms with Crippen molar-refractivity contribution in [2.24, 2.45) is 39.4 Å². The van der Waals surface area contributed by atoms with Crippen molar-refractivity contribution in [3.8, 4) is 0 Å². The van der Waals surface area contributed by atoms with Crippen LogP contribution in [0.2, 0.25) is 0 Å². The Balaban J connectivity index is 1.58. The zero-order valence-electron chi connectivity index (χ0n) is 22.4. The van der Waals surface area contributed by atoms with E-state index in [1.54, 1.807) is 0 Å². The third-order valence-electron chi connectivity index (χ3n) is 11.8. The summed E-state index contributed by atoms with van der Waals surface area (Å²) in [6.07, 6.45) is 13.0. The number of aliphatic hydroxyl groups is 2. The van der Waals surface area contributed by atoms with Gasteiger partial charge in [-0.2, -0.15) is 0 Å². The molecule has 34 heavy (non-hydrogen) atoms. The van der Waals surface area contributed by atoms with Gasteiger partial charge in [0.2, 0.25) is 0 Å². The number of cyclic esters (lactones) is 1. The second-order valence-corrected chi connectivity index (χ2v) is 14.1. The lowest BCUT2D eigenvalue weighted by Crippen LogP contribution is -2.63. The van der Waals surface area contributed by atoms with E-state index in [1.807, 2.05) is 13.0 Å². The van der Waals surface area contributed by atoms with Gasteiger partial charge in [0, 0.05) is 0 Å². The number of rotatable bonds is 3. The lowest BCUT2D eigenvalue weighted by atomic mass is 9.40. The number of allylic oxidation sites excluding steroid dienone is 3. The van der Waals surface area contributed by atoms with Crippen molar-refractivity contribution >= 4 is 5.97 Å². The molecule has 0 radical (unpaired) electrons. The van der Waals surface area contributed by atoms with Gasteiger partial charge in [0.25, 0.3) is 0 Å². The molecule has 1 heterocycles. The van der Waals surface area contributed by atoms with Crippen LogP contribution in [0.5, 0.6) is 0 Å². The number of esters is 1. The maximum Gasteiger partial charge on any atom is 0.317 e. The molecule has 0 aromatic carbocycles. The predicted octanol–water partition coefficient (Wildman–Crippen LogP) is 5.97. The molecule has 5 rings (SSSR count). The van der Waals surface area contributed by atoms with Crippen LogP contribution in [0.1, 0.15) is 99.8 Å². The summed E-state index contributed by atoms with van der Waals surface area (Å²) in [5.41, 5.74) is -1.96. The molecule has 1 saturated heterocycles. The maximum atomic E-state index is 13.8. The third-order valence-corrected chi connectivity index (χ3v) is 11.8. The lowest BCUT2D eigenvalue weighted by Gasteiger charge is -2.63. The Kier molecular flexibility index (Phi) is 5.21. The van der Waals surface area contributed by atoms with Gasteiger partial charge in [0.05, 0.1) is 6.10 Å². The van der Waals surface area contributed by atoms with Crippen molar-refractivity contribution in [2.75, 3.05) is 0 Å². The molecule has 5 aliphatic rings. The molecule has 3 saturated carbocycles. The highest BCUT2D eigenvalue weighted by Gasteiger charge is 2.82. The fraction of sp³-hybridized carbons (Fsp3) is 0.833. The number of carbonyl (C=O) groups is 1. The summed E-state index contributed by atoms with van der Waals surface area (Å²) >= 11 is 0. The van der Waals surface area contributed by atoms with Gasteiger partial charge in [0.1, 0.15) is 11.0 Å². The standard InChI is InChI=1S/C30H46O4/c1-19(2)9-8-14-28(7)30(33)18-17-27(6)21-10-11-22-25(3,4)23(31)13-15-26(22,5)20(21)12-16-29(27,30)24(32)34-28/h8,12,14,19,21-23,31,33H,9-11,13,15-18H2,1-7H3/b14-8+/t21?,22?,23?,26-,27+,28+,29?,30?/m1/s1. The van der Waals surface area contributed by atoms with E-state index in [1.165, 1.54) is 5.57 Å². The van der Waals surface area contributed by atoms with Crippen LogP contribution in [0.4, 0.5) is 0 Å². The Morgan fingerprint density at radius 2 is 1.79 bits per heavy atom. The number of carbonyl (C=O) groups excluding carboxylic acids is 1. The molecule has 4 nitrogen and oxygen atoms in total. The van der Waals surface area contributed by atoms with Crippen molar-refractivity contribution in [1.82, 2.24) is 0 Å². The summed E-state index contributed by atoms with van der Waals surface area (Å²) < 4.78 is 6.15. The molecular weight excluding hydrogens is 424 g/mol. The van der Waals surface area contributed by atoms with E-state index in [9.17, 15) is 15.0 Å². The van der Waals surface area contributed by atoms with Gasteiger partial charge >= 0.3 is 5.97 Å². The van der Waals surface area contributed by atoms with Crippen LogP contribution in [0.3, 0.4) is 0 Å². The number of ether oxygens (including phenoxy) is 1. The van der Waals surface area contributed by atoms with Crippen LogP contribution in [-0.4, -0.2) is 33.5 Å². The van der Waals surface area contributed by atoms with Gasteiger partial charge in [-0.3, -0.25) is 4.79 Å². The molecular formula is C30H46O4. The molecule has 0 aromatic rings. The van der Waals surface area contributed by atoms with Crippen molar-refractivity contribution in [2.45, 2.75) is 117 Å². The molecule has 4 heteroatoms. The van der Waals surface area contributed by atoms with Gasteiger partial charge in [-0.15, -0.1) is 0 Å². The molecule has 1 spiro atoms. The Labute approximate surface area is 206 Å². The largest absolute Gasteiger partial charge is 0.451 e. The molecule has 4 fully saturated rings. The maximum absolute atomic E-state index is 13.8. The predicted molar refractivity (Wildman–Crippen MR) is 134 cm³/mol. The highest BCUT2D eigenvalue weighted by Crippen LogP contribution is 2.76. The van der Waals surface area contributed by atoms with E-state index < -0.39 is 16.6 Å². The minimum atomic E-state index is -1.19. The van der Waals surface area contributed by atoms with Gasteiger partial charge < -0.3 is 14.9 Å². The summed E-state index contributed by atoms with van der Waals surface area (Å²) in [5.74, 6) is 1.03. The Morgan fingerprint density at radius 1 is 1.09 bits per heavy atom. The molecule has 5 unspecified atom stereocenters. The summed E-state index contributed by atoms with van der Waals surface area (Å²) in [7, 11) is 0. The first kappa shape index (κ1) is 24.6. The van der Waals surface area contributed by atoms with Crippen LogP contribution in [-0.2, 0) is 9.53 Å². The van der Waals surface area contributed by atoms with Crippen molar-refractivity contribution in [3.63, 3.8) is 0 Å².